The predicted molar refractivity (Wildman–Crippen MR) is 54.3 cm³/mol. The first-order valence-electron chi connectivity index (χ1n) is 3.45. The second-order valence-corrected chi connectivity index (χ2v) is 5.13. The maximum atomic E-state index is 5.33. The Morgan fingerprint density at radius 2 is 1.80 bits per heavy atom. The Kier molecular flexibility index (Phi) is 5.49. The number of hydrogen-bond donors (Lipinski definition) is 2. The van der Waals surface area contributed by atoms with Gasteiger partial charge in [-0.1, -0.05) is 13.8 Å². The molecule has 0 radical (unpaired) electrons. The summed E-state index contributed by atoms with van der Waals surface area (Å²) in [6.07, 6.45) is 0.249. The molecule has 0 aromatic heterocycles. The van der Waals surface area contributed by atoms with E-state index in [0.29, 0.717) is 5.25 Å². The average molecular weight is 180 g/mol. The van der Waals surface area contributed by atoms with Crippen LogP contribution in [0, 0.1) is 0 Å². The molecule has 3 heteroatoms. The lowest BCUT2D eigenvalue weighted by molar-refractivity contribution is 0.243. The summed E-state index contributed by atoms with van der Waals surface area (Å²) in [6, 6.07) is 0. The van der Waals surface area contributed by atoms with Gasteiger partial charge in [0, 0.05) is 0 Å². The molecule has 0 spiro atoms. The molecule has 0 bridgehead atoms. The fourth-order valence-electron chi connectivity index (χ4n) is 0.462. The Labute approximate surface area is 72.5 Å². The number of hydrogen-bond acceptors (Lipinski definition) is 1. The van der Waals surface area contributed by atoms with Gasteiger partial charge in [-0.05, 0) is 19.1 Å². The number of ether oxygens (including phenoxy) is 1. The molecule has 0 unspecified atom stereocenters. The molecule has 0 N–H and O–H groups in total. The van der Waals surface area contributed by atoms with E-state index in [1.165, 1.54) is 11.4 Å². The van der Waals surface area contributed by atoms with E-state index in [0.717, 1.165) is 4.38 Å². The van der Waals surface area contributed by atoms with Crippen molar-refractivity contribution in [2.24, 2.45) is 0 Å². The molecule has 0 atom stereocenters. The number of thiol groups is 2. The van der Waals surface area contributed by atoms with Gasteiger partial charge >= 0.3 is 0 Å². The summed E-state index contributed by atoms with van der Waals surface area (Å²) < 4.78 is 6.15. The van der Waals surface area contributed by atoms with E-state index in [2.05, 4.69) is 26.5 Å². The first-order chi connectivity index (χ1) is 4.52. The van der Waals surface area contributed by atoms with Gasteiger partial charge in [-0.15, -0.1) is 12.6 Å². The molecule has 0 aliphatic heterocycles. The molecule has 0 saturated carbocycles. The Bertz CT molecular complexity index is 119. The fraction of sp³-hybridized carbons (Fsp3) is 0.857. The van der Waals surface area contributed by atoms with Gasteiger partial charge in [0.05, 0.1) is 6.10 Å². The van der Waals surface area contributed by atoms with E-state index < -0.39 is 0 Å². The average Bonchev–Trinajstić information content (AvgIpc) is 1.58. The summed E-state index contributed by atoms with van der Waals surface area (Å²) in [5.74, 6) is 0. The van der Waals surface area contributed by atoms with Crippen molar-refractivity contribution in [2.45, 2.75) is 39.0 Å². The quantitative estimate of drug-likeness (QED) is 0.490. The van der Waals surface area contributed by atoms with E-state index in [9.17, 15) is 0 Å². The molecule has 0 fully saturated rings. The van der Waals surface area contributed by atoms with Crippen molar-refractivity contribution in [1.29, 1.82) is 0 Å². The van der Waals surface area contributed by atoms with Crippen molar-refractivity contribution in [3.63, 3.8) is 0 Å². The first kappa shape index (κ1) is 10.5. The Balaban J connectivity index is 3.71. The van der Waals surface area contributed by atoms with Crippen molar-refractivity contribution in [2.75, 3.05) is 0 Å². The zero-order chi connectivity index (χ0) is 8.15. The summed E-state index contributed by atoms with van der Waals surface area (Å²) in [4.78, 5) is 0. The zero-order valence-corrected chi connectivity index (χ0v) is 8.75. The third-order valence-electron chi connectivity index (χ3n) is 0.710. The van der Waals surface area contributed by atoms with Crippen LogP contribution in [0.5, 0.6) is 0 Å². The second kappa shape index (κ2) is 5.22. The van der Waals surface area contributed by atoms with Crippen molar-refractivity contribution in [1.82, 2.24) is 0 Å². The van der Waals surface area contributed by atoms with Crippen molar-refractivity contribution < 1.29 is 4.74 Å². The maximum Gasteiger partial charge on any atom is 0.128 e. The lowest BCUT2D eigenvalue weighted by Crippen LogP contribution is -2.05. The van der Waals surface area contributed by atoms with Crippen LogP contribution in [-0.2, 0) is 4.74 Å². The summed E-state index contributed by atoms with van der Waals surface area (Å²) >= 11 is 5.37. The van der Waals surface area contributed by atoms with Gasteiger partial charge in [0.1, 0.15) is 4.38 Å². The van der Waals surface area contributed by atoms with Gasteiger partial charge in [-0.2, -0.15) is 11.4 Å². The molecule has 10 heavy (non-hydrogen) atoms. The summed E-state index contributed by atoms with van der Waals surface area (Å²) in [5, 5.41) is 0.603. The summed E-state index contributed by atoms with van der Waals surface area (Å²) in [5.41, 5.74) is 0. The molecule has 0 heterocycles. The topological polar surface area (TPSA) is 9.23 Å². The van der Waals surface area contributed by atoms with E-state index >= 15 is 0 Å². The van der Waals surface area contributed by atoms with Crippen LogP contribution in [0.4, 0.5) is 0 Å². The van der Waals surface area contributed by atoms with Crippen molar-refractivity contribution in [3.05, 3.63) is 0 Å². The van der Waals surface area contributed by atoms with Crippen LogP contribution in [0.15, 0.2) is 0 Å². The van der Waals surface area contributed by atoms with Crippen LogP contribution >= 0.6 is 24.0 Å². The Hall–Kier alpha value is 0.530. The maximum absolute atomic E-state index is 5.33. The zero-order valence-electron chi connectivity index (χ0n) is 6.96. The van der Waals surface area contributed by atoms with E-state index in [1.807, 2.05) is 13.8 Å². The van der Waals surface area contributed by atoms with Crippen LogP contribution < -0.4 is 0 Å². The molecule has 0 amide bonds. The molecule has 1 nitrogen and oxygen atoms in total. The normalized spacial score (nSPS) is 14.1. The standard InChI is InChI=1S/C7H16OS2/c1-5(2)8-7(9)10-6(3)4/h5-6,9-10H,1-4H3. The van der Waals surface area contributed by atoms with Crippen molar-refractivity contribution >= 4 is 28.4 Å². The lowest BCUT2D eigenvalue weighted by Gasteiger charge is -2.07. The van der Waals surface area contributed by atoms with Gasteiger partial charge in [0.15, 0.2) is 0 Å². The van der Waals surface area contributed by atoms with Gasteiger partial charge in [-0.3, -0.25) is 0 Å². The molecule has 0 saturated heterocycles. The minimum Gasteiger partial charge on any atom is -0.332 e. The van der Waals surface area contributed by atoms with Gasteiger partial charge < -0.3 is 4.74 Å². The first-order valence-corrected chi connectivity index (χ1v) is 4.87. The van der Waals surface area contributed by atoms with Gasteiger partial charge in [-0.25, -0.2) is 0 Å². The van der Waals surface area contributed by atoms with Crippen LogP contribution in [0.25, 0.3) is 0 Å². The highest BCUT2D eigenvalue weighted by Gasteiger charge is 1.96. The van der Waals surface area contributed by atoms with Gasteiger partial charge in [0.2, 0.25) is 0 Å². The summed E-state index contributed by atoms with van der Waals surface area (Å²) in [6.45, 7) is 8.29. The summed E-state index contributed by atoms with van der Waals surface area (Å²) in [7, 11) is 0. The molecule has 0 rings (SSSR count). The molecular weight excluding hydrogens is 164 g/mol. The number of rotatable bonds is 2. The van der Waals surface area contributed by atoms with Crippen LogP contribution in [0.2, 0.25) is 0 Å². The Morgan fingerprint density at radius 1 is 1.30 bits per heavy atom. The SMILES string of the molecule is CC(C)OC(S)=[SH]C(C)C. The third kappa shape index (κ3) is 6.65. The van der Waals surface area contributed by atoms with Crippen LogP contribution in [0.1, 0.15) is 27.7 Å². The predicted octanol–water partition coefficient (Wildman–Crippen LogP) is 2.30. The van der Waals surface area contributed by atoms with Crippen LogP contribution in [-0.4, -0.2) is 15.7 Å². The highest BCUT2D eigenvalue weighted by atomic mass is 32.2. The van der Waals surface area contributed by atoms with Gasteiger partial charge in [0.25, 0.3) is 0 Å². The highest BCUT2D eigenvalue weighted by Crippen LogP contribution is 2.06. The van der Waals surface area contributed by atoms with E-state index in [1.54, 1.807) is 0 Å². The minimum atomic E-state index is 0.249. The Morgan fingerprint density at radius 3 is 2.10 bits per heavy atom. The van der Waals surface area contributed by atoms with E-state index in [4.69, 9.17) is 4.74 Å². The molecular formula is C7H16OS2. The van der Waals surface area contributed by atoms with Crippen molar-refractivity contribution in [3.8, 4) is 0 Å². The smallest absolute Gasteiger partial charge is 0.128 e. The molecule has 62 valence electrons. The fourth-order valence-corrected chi connectivity index (χ4v) is 2.08. The molecule has 0 aliphatic carbocycles. The highest BCUT2D eigenvalue weighted by molar-refractivity contribution is 8.17. The van der Waals surface area contributed by atoms with Crippen LogP contribution in [0.3, 0.4) is 0 Å². The monoisotopic (exact) mass is 180 g/mol. The molecule has 0 aliphatic rings. The second-order valence-electron chi connectivity index (χ2n) is 2.67. The lowest BCUT2D eigenvalue weighted by atomic mass is 10.5. The third-order valence-corrected chi connectivity index (χ3v) is 2.00. The largest absolute Gasteiger partial charge is 0.332 e. The molecule has 0 aromatic carbocycles. The molecule has 0 aromatic rings. The minimum absolute atomic E-state index is 0.249. The van der Waals surface area contributed by atoms with E-state index in [-0.39, 0.29) is 6.10 Å².